The number of hydrogen-bond donors (Lipinski definition) is 2. The van der Waals surface area contributed by atoms with Crippen LogP contribution in [-0.2, 0) is 4.79 Å². The summed E-state index contributed by atoms with van der Waals surface area (Å²) >= 11 is 0. The fraction of sp³-hybridized carbons (Fsp3) is 0.278. The van der Waals surface area contributed by atoms with E-state index in [-0.39, 0.29) is 5.91 Å². The Morgan fingerprint density at radius 2 is 1.79 bits per heavy atom. The minimum Gasteiger partial charge on any atom is -0.493 e. The van der Waals surface area contributed by atoms with E-state index >= 15 is 0 Å². The number of aryl methyl sites for hydroxylation is 1. The van der Waals surface area contributed by atoms with Crippen LogP contribution < -0.4 is 20.1 Å². The van der Waals surface area contributed by atoms with Crippen molar-refractivity contribution in [2.75, 3.05) is 24.9 Å². The van der Waals surface area contributed by atoms with E-state index in [4.69, 9.17) is 9.47 Å². The minimum absolute atomic E-state index is 0.269. The molecule has 0 aliphatic heterocycles. The zero-order valence-corrected chi connectivity index (χ0v) is 14.1. The van der Waals surface area contributed by atoms with Crippen molar-refractivity contribution in [3.8, 4) is 11.5 Å². The minimum atomic E-state index is -0.523. The first-order valence-electron chi connectivity index (χ1n) is 7.50. The normalized spacial score (nSPS) is 11.5. The van der Waals surface area contributed by atoms with E-state index < -0.39 is 11.9 Å². The molecule has 2 N–H and O–H groups in total. The summed E-state index contributed by atoms with van der Waals surface area (Å²) in [5.41, 5.74) is 2.09. The van der Waals surface area contributed by atoms with Gasteiger partial charge in [0, 0.05) is 17.4 Å². The van der Waals surface area contributed by atoms with Crippen molar-refractivity contribution >= 4 is 17.3 Å². The molecule has 5 nitrogen and oxygen atoms in total. The van der Waals surface area contributed by atoms with Crippen LogP contribution in [0.4, 0.5) is 15.8 Å². The van der Waals surface area contributed by atoms with Crippen LogP contribution in [0.25, 0.3) is 0 Å². The topological polar surface area (TPSA) is 59.6 Å². The van der Waals surface area contributed by atoms with Crippen LogP contribution in [0.5, 0.6) is 11.5 Å². The van der Waals surface area contributed by atoms with Gasteiger partial charge in [-0.3, -0.25) is 4.79 Å². The summed E-state index contributed by atoms with van der Waals surface area (Å²) < 4.78 is 23.7. The highest BCUT2D eigenvalue weighted by molar-refractivity contribution is 5.96. The van der Waals surface area contributed by atoms with Crippen molar-refractivity contribution in [3.05, 3.63) is 47.8 Å². The van der Waals surface area contributed by atoms with E-state index in [9.17, 15) is 9.18 Å². The first-order chi connectivity index (χ1) is 11.4. The monoisotopic (exact) mass is 332 g/mol. The number of nitrogens with one attached hydrogen (secondary N) is 2. The number of hydrogen-bond acceptors (Lipinski definition) is 4. The molecular formula is C18H21FN2O3. The second-order valence-corrected chi connectivity index (χ2v) is 5.39. The highest BCUT2D eigenvalue weighted by atomic mass is 19.1. The Morgan fingerprint density at radius 1 is 1.12 bits per heavy atom. The fourth-order valence-corrected chi connectivity index (χ4v) is 2.25. The van der Waals surface area contributed by atoms with Crippen molar-refractivity contribution in [2.24, 2.45) is 0 Å². The van der Waals surface area contributed by atoms with Crippen LogP contribution in [-0.4, -0.2) is 26.2 Å². The summed E-state index contributed by atoms with van der Waals surface area (Å²) in [6, 6.07) is 8.86. The summed E-state index contributed by atoms with van der Waals surface area (Å²) in [5.74, 6) is 0.527. The number of benzene rings is 2. The van der Waals surface area contributed by atoms with E-state index in [0.29, 0.717) is 17.2 Å². The van der Waals surface area contributed by atoms with Gasteiger partial charge in [-0.1, -0.05) is 6.07 Å². The van der Waals surface area contributed by atoms with Gasteiger partial charge in [-0.05, 0) is 43.7 Å². The maximum atomic E-state index is 13.2. The van der Waals surface area contributed by atoms with Crippen molar-refractivity contribution in [1.82, 2.24) is 0 Å². The van der Waals surface area contributed by atoms with Gasteiger partial charge in [0.25, 0.3) is 0 Å². The summed E-state index contributed by atoms with van der Waals surface area (Å²) in [4.78, 5) is 12.3. The summed E-state index contributed by atoms with van der Waals surface area (Å²) in [5, 5.41) is 5.81. The number of ether oxygens (including phenoxy) is 2. The highest BCUT2D eigenvalue weighted by Gasteiger charge is 2.16. The summed E-state index contributed by atoms with van der Waals surface area (Å²) in [6.45, 7) is 3.63. The van der Waals surface area contributed by atoms with Gasteiger partial charge in [0.05, 0.1) is 14.2 Å². The largest absolute Gasteiger partial charge is 0.493 e. The van der Waals surface area contributed by atoms with Crippen LogP contribution in [0, 0.1) is 12.7 Å². The molecule has 0 saturated carbocycles. The average Bonchev–Trinajstić information content (AvgIpc) is 2.56. The van der Waals surface area contributed by atoms with Gasteiger partial charge < -0.3 is 20.1 Å². The average molecular weight is 332 g/mol. The van der Waals surface area contributed by atoms with Gasteiger partial charge in [0.2, 0.25) is 5.91 Å². The number of methoxy groups -OCH3 is 2. The molecule has 24 heavy (non-hydrogen) atoms. The van der Waals surface area contributed by atoms with Crippen molar-refractivity contribution < 1.29 is 18.7 Å². The number of amides is 1. The number of anilines is 2. The van der Waals surface area contributed by atoms with E-state index in [1.54, 1.807) is 39.3 Å². The van der Waals surface area contributed by atoms with Crippen molar-refractivity contribution in [3.63, 3.8) is 0 Å². The number of carbonyl (C=O) groups excluding carboxylic acids is 1. The first-order valence-corrected chi connectivity index (χ1v) is 7.50. The number of carbonyl (C=O) groups is 1. The standard InChI is InChI=1S/C18H21FN2O3/c1-11-8-16(23-3)17(24-4)10-15(11)20-12(2)18(22)21-14-7-5-6-13(19)9-14/h5-10,12,20H,1-4H3,(H,21,22). The second-order valence-electron chi connectivity index (χ2n) is 5.39. The van der Waals surface area contributed by atoms with E-state index in [2.05, 4.69) is 10.6 Å². The van der Waals surface area contributed by atoms with Crippen LogP contribution in [0.1, 0.15) is 12.5 Å². The Balaban J connectivity index is 2.11. The Bertz CT molecular complexity index is 734. The Hall–Kier alpha value is -2.76. The SMILES string of the molecule is COc1cc(C)c(NC(C)C(=O)Nc2cccc(F)c2)cc1OC. The van der Waals surface area contributed by atoms with E-state index in [1.807, 2.05) is 13.0 Å². The molecule has 0 saturated heterocycles. The van der Waals surface area contributed by atoms with Crippen molar-refractivity contribution in [1.29, 1.82) is 0 Å². The van der Waals surface area contributed by atoms with Gasteiger partial charge in [0.15, 0.2) is 11.5 Å². The lowest BCUT2D eigenvalue weighted by Crippen LogP contribution is -2.32. The molecule has 0 aromatic heterocycles. The van der Waals surface area contributed by atoms with Gasteiger partial charge in [-0.15, -0.1) is 0 Å². The lowest BCUT2D eigenvalue weighted by Gasteiger charge is -2.19. The van der Waals surface area contributed by atoms with E-state index in [0.717, 1.165) is 11.3 Å². The van der Waals surface area contributed by atoms with E-state index in [1.165, 1.54) is 12.1 Å². The molecular weight excluding hydrogens is 311 g/mol. The van der Waals surface area contributed by atoms with Crippen LogP contribution in [0.3, 0.4) is 0 Å². The van der Waals surface area contributed by atoms with Gasteiger partial charge in [-0.25, -0.2) is 4.39 Å². The fourth-order valence-electron chi connectivity index (χ4n) is 2.25. The smallest absolute Gasteiger partial charge is 0.246 e. The van der Waals surface area contributed by atoms with Gasteiger partial charge in [-0.2, -0.15) is 0 Å². The predicted molar refractivity (Wildman–Crippen MR) is 92.4 cm³/mol. The zero-order chi connectivity index (χ0) is 17.7. The summed E-state index contributed by atoms with van der Waals surface area (Å²) in [7, 11) is 3.12. The second kappa shape index (κ2) is 7.68. The van der Waals surface area contributed by atoms with Crippen LogP contribution in [0.2, 0.25) is 0 Å². The molecule has 2 aromatic carbocycles. The molecule has 0 aliphatic carbocycles. The zero-order valence-electron chi connectivity index (χ0n) is 14.1. The quantitative estimate of drug-likeness (QED) is 0.849. The Morgan fingerprint density at radius 3 is 2.42 bits per heavy atom. The maximum absolute atomic E-state index is 13.2. The Labute approximate surface area is 140 Å². The molecule has 0 spiro atoms. The predicted octanol–water partition coefficient (Wildman–Crippen LogP) is 3.59. The molecule has 128 valence electrons. The molecule has 0 fully saturated rings. The third-order valence-corrected chi connectivity index (χ3v) is 3.59. The maximum Gasteiger partial charge on any atom is 0.246 e. The summed E-state index contributed by atoms with van der Waals surface area (Å²) in [6.07, 6.45) is 0. The molecule has 0 aliphatic rings. The van der Waals surface area contributed by atoms with Gasteiger partial charge >= 0.3 is 0 Å². The highest BCUT2D eigenvalue weighted by Crippen LogP contribution is 2.33. The molecule has 1 unspecified atom stereocenters. The molecule has 6 heteroatoms. The first kappa shape index (κ1) is 17.6. The third kappa shape index (κ3) is 4.16. The molecule has 1 amide bonds. The molecule has 0 bridgehead atoms. The third-order valence-electron chi connectivity index (χ3n) is 3.59. The number of halogens is 1. The molecule has 2 aromatic rings. The van der Waals surface area contributed by atoms with Crippen LogP contribution in [0.15, 0.2) is 36.4 Å². The molecule has 0 radical (unpaired) electrons. The Kier molecular flexibility index (Phi) is 5.63. The molecule has 1 atom stereocenters. The lowest BCUT2D eigenvalue weighted by molar-refractivity contribution is -0.116. The lowest BCUT2D eigenvalue weighted by atomic mass is 10.1. The van der Waals surface area contributed by atoms with Crippen molar-refractivity contribution in [2.45, 2.75) is 19.9 Å². The van der Waals surface area contributed by atoms with Crippen LogP contribution >= 0.6 is 0 Å². The van der Waals surface area contributed by atoms with Gasteiger partial charge in [0.1, 0.15) is 11.9 Å². The number of rotatable bonds is 6. The molecule has 2 rings (SSSR count). The molecule has 0 heterocycles.